The molecule has 1 aliphatic rings. The van der Waals surface area contributed by atoms with Gasteiger partial charge in [-0.15, -0.1) is 23.8 Å². The molecule has 2 heterocycles. The molecule has 0 fully saturated rings. The van der Waals surface area contributed by atoms with Gasteiger partial charge in [-0.05, 0) is 69.0 Å². The molecule has 4 aromatic carbocycles. The van der Waals surface area contributed by atoms with E-state index in [9.17, 15) is 9.90 Å². The predicted octanol–water partition coefficient (Wildman–Crippen LogP) is 10.8. The standard InChI is InChI=1S/C26H17N2.C13H24O2.Ir/c1-17-13-14-22-19(15-17)16-24-26(27-22)21-11-5-7-18-8-6-12-23(25(18)21)28(24)20-9-3-2-4-10-20;1-5-10(6-2)12(14)9-13(15)11(7-3)8-4;/h2-10,12-16H,1H3;9-11,14H,5-8H2,1-4H3;/q-1;;/b;12-9-;. The van der Waals surface area contributed by atoms with E-state index in [1.165, 1.54) is 28.1 Å². The third-order valence-corrected chi connectivity index (χ3v) is 8.58. The van der Waals surface area contributed by atoms with E-state index < -0.39 is 0 Å². The van der Waals surface area contributed by atoms with E-state index in [1.54, 1.807) is 0 Å². The smallest absolute Gasteiger partial charge is 0.162 e. The van der Waals surface area contributed by atoms with Crippen LogP contribution >= 0.6 is 0 Å². The zero-order chi connectivity index (χ0) is 30.5. The number of nitrogens with zero attached hydrogens (tertiary/aromatic N) is 2. The molecule has 5 heteroatoms. The summed E-state index contributed by atoms with van der Waals surface area (Å²) in [6.07, 6.45) is 4.91. The van der Waals surface area contributed by atoms with Gasteiger partial charge in [0, 0.05) is 66.2 Å². The van der Waals surface area contributed by atoms with E-state index in [4.69, 9.17) is 4.98 Å². The largest absolute Gasteiger partial charge is 0.512 e. The summed E-state index contributed by atoms with van der Waals surface area (Å²) in [7, 11) is 0. The molecule has 0 aliphatic carbocycles. The third-order valence-electron chi connectivity index (χ3n) is 8.58. The number of hydrogen-bond donors (Lipinski definition) is 1. The van der Waals surface area contributed by atoms with Crippen LogP contribution < -0.4 is 4.90 Å². The van der Waals surface area contributed by atoms with E-state index in [1.807, 2.05) is 33.8 Å². The maximum Gasteiger partial charge on any atom is 0.162 e. The van der Waals surface area contributed by atoms with Gasteiger partial charge in [-0.2, -0.15) is 0 Å². The van der Waals surface area contributed by atoms with Crippen molar-refractivity contribution in [2.45, 2.75) is 60.3 Å². The summed E-state index contributed by atoms with van der Waals surface area (Å²) in [5, 5.41) is 13.3. The summed E-state index contributed by atoms with van der Waals surface area (Å²) in [5.74, 6) is 0.547. The van der Waals surface area contributed by atoms with Crippen LogP contribution in [0.15, 0.2) is 96.8 Å². The molecule has 1 aromatic heterocycles. The number of rotatable bonds is 8. The minimum absolute atomic E-state index is 0. The second-order valence-electron chi connectivity index (χ2n) is 11.3. The SMILES string of the molecule is CCC(CC)C(=O)/C=C(\O)C(CC)CC.Cc1ccc2nc3c(cc2c1)N(c1ccccc1)c1cccc2cc[c-]c-3c12.[Ir]. The monoisotopic (exact) mass is 762 g/mol. The third kappa shape index (κ3) is 6.65. The number of benzene rings is 4. The van der Waals surface area contributed by atoms with Crippen molar-refractivity contribution >= 4 is 44.5 Å². The quantitative estimate of drug-likeness (QED) is 0.0953. The molecule has 0 saturated carbocycles. The molecular weight excluding hydrogens is 721 g/mol. The normalized spacial score (nSPS) is 12.2. The maximum absolute atomic E-state index is 11.7. The molecule has 0 amide bonds. The van der Waals surface area contributed by atoms with Gasteiger partial charge < -0.3 is 10.0 Å². The van der Waals surface area contributed by atoms with Gasteiger partial charge in [-0.1, -0.05) is 80.4 Å². The van der Waals surface area contributed by atoms with Crippen molar-refractivity contribution < 1.29 is 30.0 Å². The van der Waals surface area contributed by atoms with Crippen LogP contribution in [0.4, 0.5) is 17.1 Å². The topological polar surface area (TPSA) is 53.4 Å². The summed E-state index contributed by atoms with van der Waals surface area (Å²) in [5.41, 5.74) is 7.75. The van der Waals surface area contributed by atoms with Crippen molar-refractivity contribution in [2.24, 2.45) is 11.8 Å². The second kappa shape index (κ2) is 14.8. The van der Waals surface area contributed by atoms with Crippen LogP contribution in [0.25, 0.3) is 32.9 Å². The molecule has 1 radical (unpaired) electrons. The van der Waals surface area contributed by atoms with Crippen LogP contribution in [0.3, 0.4) is 0 Å². The average molecular weight is 762 g/mol. The van der Waals surface area contributed by atoms with Crippen LogP contribution in [0, 0.1) is 24.8 Å². The summed E-state index contributed by atoms with van der Waals surface area (Å²) < 4.78 is 0. The Morgan fingerprint density at radius 2 is 1.55 bits per heavy atom. The van der Waals surface area contributed by atoms with Crippen molar-refractivity contribution in [3.8, 4) is 11.3 Å². The Balaban J connectivity index is 0.000000239. The van der Waals surface area contributed by atoms with Crippen molar-refractivity contribution in [2.75, 3.05) is 4.90 Å². The molecule has 5 aromatic rings. The zero-order valence-electron chi connectivity index (χ0n) is 26.2. The number of pyridine rings is 1. The Labute approximate surface area is 275 Å². The number of aliphatic hydroxyl groups excluding tert-OH is 1. The van der Waals surface area contributed by atoms with Gasteiger partial charge in [-0.25, -0.2) is 0 Å². The minimum Gasteiger partial charge on any atom is -0.512 e. The molecule has 6 rings (SSSR count). The number of carbonyl (C=O) groups excluding carboxylic acids is 1. The maximum atomic E-state index is 11.7. The molecule has 0 unspecified atom stereocenters. The first-order valence-electron chi connectivity index (χ1n) is 15.5. The van der Waals surface area contributed by atoms with Gasteiger partial charge in [0.05, 0.1) is 11.3 Å². The van der Waals surface area contributed by atoms with Gasteiger partial charge in [-0.3, -0.25) is 9.78 Å². The molecule has 0 saturated heterocycles. The summed E-state index contributed by atoms with van der Waals surface area (Å²) in [4.78, 5) is 19.1. The number of para-hydroxylation sites is 1. The summed E-state index contributed by atoms with van der Waals surface area (Å²) in [6.45, 7) is 10.2. The van der Waals surface area contributed by atoms with Crippen molar-refractivity contribution in [3.05, 3.63) is 108 Å². The van der Waals surface area contributed by atoms with Gasteiger partial charge in [0.15, 0.2) is 5.78 Å². The number of carbonyl (C=O) groups is 1. The van der Waals surface area contributed by atoms with E-state index in [-0.39, 0.29) is 43.5 Å². The second-order valence-corrected chi connectivity index (χ2v) is 11.3. The number of aromatic nitrogens is 1. The number of fused-ring (bicyclic) bond motifs is 3. The van der Waals surface area contributed by atoms with Crippen molar-refractivity contribution in [1.29, 1.82) is 0 Å². The number of aliphatic hydroxyl groups is 1. The van der Waals surface area contributed by atoms with Crippen LogP contribution in [-0.2, 0) is 24.9 Å². The Kier molecular flexibility index (Phi) is 11.1. The zero-order valence-corrected chi connectivity index (χ0v) is 28.6. The number of anilines is 3. The fourth-order valence-electron chi connectivity index (χ4n) is 6.03. The predicted molar refractivity (Wildman–Crippen MR) is 180 cm³/mol. The van der Waals surface area contributed by atoms with Crippen LogP contribution in [0.1, 0.15) is 58.9 Å². The van der Waals surface area contributed by atoms with Gasteiger partial charge in [0.1, 0.15) is 0 Å². The first-order chi connectivity index (χ1) is 20.9. The number of ketones is 1. The first-order valence-corrected chi connectivity index (χ1v) is 15.5. The molecule has 0 atom stereocenters. The van der Waals surface area contributed by atoms with E-state index >= 15 is 0 Å². The Hall–Kier alpha value is -3.79. The van der Waals surface area contributed by atoms with Crippen LogP contribution in [0.5, 0.6) is 0 Å². The molecule has 0 bridgehead atoms. The van der Waals surface area contributed by atoms with Gasteiger partial charge in [0.25, 0.3) is 0 Å². The van der Waals surface area contributed by atoms with Crippen molar-refractivity contribution in [3.63, 3.8) is 0 Å². The van der Waals surface area contributed by atoms with Gasteiger partial charge >= 0.3 is 0 Å². The first kappa shape index (κ1) is 33.1. The number of allylic oxidation sites excluding steroid dienone is 2. The van der Waals surface area contributed by atoms with Gasteiger partial charge in [0.2, 0.25) is 0 Å². The Morgan fingerprint density at radius 3 is 2.23 bits per heavy atom. The number of aryl methyl sites for hydroxylation is 1. The fraction of sp³-hybridized carbons (Fsp3) is 0.282. The Morgan fingerprint density at radius 1 is 0.841 bits per heavy atom. The molecule has 44 heavy (non-hydrogen) atoms. The summed E-state index contributed by atoms with van der Waals surface area (Å²) in [6, 6.07) is 33.3. The van der Waals surface area contributed by atoms with Crippen molar-refractivity contribution in [1.82, 2.24) is 4.98 Å². The molecule has 1 N–H and O–H groups in total. The average Bonchev–Trinajstić information content (AvgIpc) is 3.02. The molecule has 0 spiro atoms. The molecule has 229 valence electrons. The van der Waals surface area contributed by atoms with Crippen LogP contribution in [0.2, 0.25) is 0 Å². The minimum atomic E-state index is 0. The molecule has 1 aliphatic heterocycles. The van der Waals surface area contributed by atoms with E-state index in [0.29, 0.717) is 0 Å². The summed E-state index contributed by atoms with van der Waals surface area (Å²) >= 11 is 0. The molecule has 4 nitrogen and oxygen atoms in total. The van der Waals surface area contributed by atoms with E-state index in [2.05, 4.69) is 96.8 Å². The fourth-order valence-corrected chi connectivity index (χ4v) is 6.03. The van der Waals surface area contributed by atoms with Crippen LogP contribution in [-0.4, -0.2) is 15.9 Å². The molecular formula is C39H41IrN2O2-. The number of hydrogen-bond acceptors (Lipinski definition) is 4. The van der Waals surface area contributed by atoms with E-state index in [0.717, 1.165) is 59.2 Å². The Bertz CT molecular complexity index is 1770.